The molecule has 0 fully saturated rings. The van der Waals surface area contributed by atoms with Crippen LogP contribution in [0.15, 0.2) is 18.2 Å². The van der Waals surface area contributed by atoms with Crippen LogP contribution in [0.4, 0.5) is 0 Å². The van der Waals surface area contributed by atoms with Crippen LogP contribution in [0.3, 0.4) is 0 Å². The van der Waals surface area contributed by atoms with E-state index in [4.69, 9.17) is 4.74 Å². The van der Waals surface area contributed by atoms with Gasteiger partial charge in [-0.25, -0.2) is 0 Å². The number of rotatable bonds is 7. The van der Waals surface area contributed by atoms with Crippen molar-refractivity contribution < 1.29 is 4.74 Å². The van der Waals surface area contributed by atoms with E-state index in [1.165, 1.54) is 16.7 Å². The molecule has 1 unspecified atom stereocenters. The Morgan fingerprint density at radius 3 is 2.50 bits per heavy atom. The average Bonchev–Trinajstić information content (AvgIpc) is 2.27. The maximum absolute atomic E-state index is 5.57. The quantitative estimate of drug-likeness (QED) is 0.745. The van der Waals surface area contributed by atoms with Crippen LogP contribution in [-0.4, -0.2) is 19.8 Å². The second kappa shape index (κ2) is 7.55. The van der Waals surface area contributed by atoms with Gasteiger partial charge in [0.15, 0.2) is 0 Å². The summed E-state index contributed by atoms with van der Waals surface area (Å²) in [6, 6.07) is 7.02. The molecular weight excluding hydrogens is 222 g/mol. The Balaban J connectivity index is 2.34. The summed E-state index contributed by atoms with van der Waals surface area (Å²) < 4.78 is 5.57. The summed E-state index contributed by atoms with van der Waals surface area (Å²) in [4.78, 5) is 0. The van der Waals surface area contributed by atoms with Crippen molar-refractivity contribution in [2.75, 3.05) is 19.8 Å². The Labute approximate surface area is 112 Å². The van der Waals surface area contributed by atoms with Crippen molar-refractivity contribution in [3.63, 3.8) is 0 Å². The first kappa shape index (κ1) is 15.2. The van der Waals surface area contributed by atoms with Gasteiger partial charge in [-0.2, -0.15) is 0 Å². The number of nitrogens with one attached hydrogen (secondary N) is 1. The molecule has 1 aromatic carbocycles. The second-order valence-corrected chi connectivity index (χ2v) is 5.50. The fraction of sp³-hybridized carbons (Fsp3) is 0.625. The number of ether oxygens (including phenoxy) is 1. The summed E-state index contributed by atoms with van der Waals surface area (Å²) in [5.74, 6) is 0.613. The van der Waals surface area contributed by atoms with E-state index in [9.17, 15) is 0 Å². The molecule has 0 aliphatic rings. The molecule has 1 atom stereocenters. The standard InChI is InChI=1S/C16H27NO/c1-12(2)11-18-9-8-17-15(5)16-7-6-13(3)10-14(16)4/h6-7,10,12,15,17H,8-9,11H2,1-5H3. The minimum Gasteiger partial charge on any atom is -0.380 e. The molecular formula is C16H27NO. The smallest absolute Gasteiger partial charge is 0.0591 e. The highest BCUT2D eigenvalue weighted by Crippen LogP contribution is 2.18. The molecule has 18 heavy (non-hydrogen) atoms. The summed E-state index contributed by atoms with van der Waals surface area (Å²) in [7, 11) is 0. The third-order valence-corrected chi connectivity index (χ3v) is 3.04. The van der Waals surface area contributed by atoms with Gasteiger partial charge in [0.1, 0.15) is 0 Å². The fourth-order valence-corrected chi connectivity index (χ4v) is 2.09. The first-order valence-electron chi connectivity index (χ1n) is 6.89. The summed E-state index contributed by atoms with van der Waals surface area (Å²) in [5, 5.41) is 3.51. The van der Waals surface area contributed by atoms with E-state index in [1.807, 2.05) is 0 Å². The van der Waals surface area contributed by atoms with E-state index in [2.05, 4.69) is 58.1 Å². The number of benzene rings is 1. The van der Waals surface area contributed by atoms with Crippen molar-refractivity contribution in [1.82, 2.24) is 5.32 Å². The van der Waals surface area contributed by atoms with Crippen LogP contribution in [0.25, 0.3) is 0 Å². The van der Waals surface area contributed by atoms with Crippen LogP contribution < -0.4 is 5.32 Å². The molecule has 1 aromatic rings. The van der Waals surface area contributed by atoms with Gasteiger partial charge in [-0.15, -0.1) is 0 Å². The molecule has 0 heterocycles. The van der Waals surface area contributed by atoms with Gasteiger partial charge in [0, 0.05) is 19.2 Å². The Bertz CT molecular complexity index is 360. The van der Waals surface area contributed by atoms with Gasteiger partial charge >= 0.3 is 0 Å². The Hall–Kier alpha value is -0.860. The molecule has 1 N–H and O–H groups in total. The van der Waals surface area contributed by atoms with Gasteiger partial charge in [-0.1, -0.05) is 37.6 Å². The molecule has 0 saturated heterocycles. The normalized spacial score (nSPS) is 13.0. The maximum Gasteiger partial charge on any atom is 0.0591 e. The van der Waals surface area contributed by atoms with E-state index in [0.29, 0.717) is 12.0 Å². The zero-order valence-electron chi connectivity index (χ0n) is 12.4. The molecule has 1 rings (SSSR count). The lowest BCUT2D eigenvalue weighted by atomic mass is 10.0. The zero-order valence-corrected chi connectivity index (χ0v) is 12.4. The van der Waals surface area contributed by atoms with Crippen molar-refractivity contribution in [2.45, 2.75) is 40.7 Å². The lowest BCUT2D eigenvalue weighted by Crippen LogP contribution is -2.24. The minimum absolute atomic E-state index is 0.383. The van der Waals surface area contributed by atoms with Crippen LogP contribution in [0.2, 0.25) is 0 Å². The summed E-state index contributed by atoms with van der Waals surface area (Å²) >= 11 is 0. The summed E-state index contributed by atoms with van der Waals surface area (Å²) in [6.07, 6.45) is 0. The summed E-state index contributed by atoms with van der Waals surface area (Å²) in [6.45, 7) is 13.4. The molecule has 0 spiro atoms. The Morgan fingerprint density at radius 1 is 1.17 bits per heavy atom. The predicted molar refractivity (Wildman–Crippen MR) is 78.0 cm³/mol. The van der Waals surface area contributed by atoms with Crippen LogP contribution in [0, 0.1) is 19.8 Å². The van der Waals surface area contributed by atoms with Crippen LogP contribution in [0.1, 0.15) is 43.5 Å². The van der Waals surface area contributed by atoms with Crippen LogP contribution >= 0.6 is 0 Å². The molecule has 0 aliphatic heterocycles. The van der Waals surface area contributed by atoms with Gasteiger partial charge < -0.3 is 10.1 Å². The van der Waals surface area contributed by atoms with Gasteiger partial charge in [-0.05, 0) is 37.8 Å². The lowest BCUT2D eigenvalue weighted by molar-refractivity contribution is 0.110. The lowest BCUT2D eigenvalue weighted by Gasteiger charge is -2.17. The third-order valence-electron chi connectivity index (χ3n) is 3.04. The van der Waals surface area contributed by atoms with Crippen molar-refractivity contribution in [3.05, 3.63) is 34.9 Å². The summed E-state index contributed by atoms with van der Waals surface area (Å²) in [5.41, 5.74) is 4.06. The Morgan fingerprint density at radius 2 is 1.89 bits per heavy atom. The average molecular weight is 249 g/mol. The SMILES string of the molecule is Cc1ccc(C(C)NCCOCC(C)C)c(C)c1. The van der Waals surface area contributed by atoms with Crippen molar-refractivity contribution in [2.24, 2.45) is 5.92 Å². The third kappa shape index (κ3) is 5.19. The number of aryl methyl sites for hydroxylation is 2. The Kier molecular flexibility index (Phi) is 6.37. The van der Waals surface area contributed by atoms with E-state index < -0.39 is 0 Å². The molecule has 0 radical (unpaired) electrons. The largest absolute Gasteiger partial charge is 0.380 e. The molecule has 102 valence electrons. The van der Waals surface area contributed by atoms with Gasteiger partial charge in [0.2, 0.25) is 0 Å². The van der Waals surface area contributed by atoms with E-state index in [0.717, 1.165) is 19.8 Å². The van der Waals surface area contributed by atoms with E-state index in [1.54, 1.807) is 0 Å². The fourth-order valence-electron chi connectivity index (χ4n) is 2.09. The topological polar surface area (TPSA) is 21.3 Å². The minimum atomic E-state index is 0.383. The van der Waals surface area contributed by atoms with E-state index >= 15 is 0 Å². The predicted octanol–water partition coefficient (Wildman–Crippen LogP) is 3.63. The molecule has 0 aliphatic carbocycles. The molecule has 2 nitrogen and oxygen atoms in total. The van der Waals surface area contributed by atoms with Crippen LogP contribution in [0.5, 0.6) is 0 Å². The zero-order chi connectivity index (χ0) is 13.5. The number of hydrogen-bond donors (Lipinski definition) is 1. The molecule has 0 amide bonds. The monoisotopic (exact) mass is 249 g/mol. The van der Waals surface area contributed by atoms with Crippen molar-refractivity contribution in [3.8, 4) is 0 Å². The first-order valence-corrected chi connectivity index (χ1v) is 6.89. The highest BCUT2D eigenvalue weighted by Gasteiger charge is 2.07. The van der Waals surface area contributed by atoms with Crippen LogP contribution in [-0.2, 0) is 4.74 Å². The van der Waals surface area contributed by atoms with Crippen molar-refractivity contribution >= 4 is 0 Å². The second-order valence-electron chi connectivity index (χ2n) is 5.50. The maximum atomic E-state index is 5.57. The highest BCUT2D eigenvalue weighted by atomic mass is 16.5. The molecule has 0 saturated carbocycles. The van der Waals surface area contributed by atoms with E-state index in [-0.39, 0.29) is 0 Å². The van der Waals surface area contributed by atoms with Crippen molar-refractivity contribution in [1.29, 1.82) is 0 Å². The first-order chi connectivity index (χ1) is 8.50. The number of hydrogen-bond acceptors (Lipinski definition) is 2. The van der Waals surface area contributed by atoms with Gasteiger partial charge in [-0.3, -0.25) is 0 Å². The highest BCUT2D eigenvalue weighted by molar-refractivity contribution is 5.32. The van der Waals surface area contributed by atoms with Gasteiger partial charge in [0.05, 0.1) is 6.61 Å². The molecule has 2 heteroatoms. The molecule has 0 aromatic heterocycles. The van der Waals surface area contributed by atoms with Gasteiger partial charge in [0.25, 0.3) is 0 Å². The molecule has 0 bridgehead atoms.